The van der Waals surface area contributed by atoms with Gasteiger partial charge in [0, 0.05) is 18.5 Å². The van der Waals surface area contributed by atoms with Crippen LogP contribution in [0, 0.1) is 5.92 Å². The highest BCUT2D eigenvalue weighted by atomic mass is 32.2. The van der Waals surface area contributed by atoms with Gasteiger partial charge >= 0.3 is 0 Å². The molecule has 2 heteroatoms. The van der Waals surface area contributed by atoms with E-state index in [2.05, 4.69) is 36.7 Å². The lowest BCUT2D eigenvalue weighted by molar-refractivity contribution is 0.407. The molecule has 0 bridgehead atoms. The van der Waals surface area contributed by atoms with Crippen molar-refractivity contribution in [1.82, 2.24) is 4.31 Å². The van der Waals surface area contributed by atoms with E-state index in [1.54, 1.807) is 11.9 Å². The quantitative estimate of drug-likeness (QED) is 0.567. The van der Waals surface area contributed by atoms with Crippen LogP contribution in [0.5, 0.6) is 0 Å². The van der Waals surface area contributed by atoms with Crippen LogP contribution in [0.4, 0.5) is 0 Å². The summed E-state index contributed by atoms with van der Waals surface area (Å²) in [6, 6.07) is 0.694. The fourth-order valence-electron chi connectivity index (χ4n) is 1.38. The van der Waals surface area contributed by atoms with Gasteiger partial charge in [-0.05, 0) is 19.3 Å². The molecule has 1 nitrogen and oxygen atoms in total. The second kappa shape index (κ2) is 3.33. The van der Waals surface area contributed by atoms with Crippen LogP contribution < -0.4 is 0 Å². The predicted molar refractivity (Wildman–Crippen MR) is 47.7 cm³/mol. The Balaban J connectivity index is 2.49. The number of hydrogen-bond acceptors (Lipinski definition) is 2. The molecule has 2 unspecified atom stereocenters. The summed E-state index contributed by atoms with van der Waals surface area (Å²) in [5, 5.41) is 0. The molecule has 0 aromatic rings. The second-order valence-electron chi connectivity index (χ2n) is 2.70. The van der Waals surface area contributed by atoms with Crippen molar-refractivity contribution < 1.29 is 0 Å². The fraction of sp³-hybridized carbons (Fsp3) is 0.750. The van der Waals surface area contributed by atoms with Crippen LogP contribution in [0.3, 0.4) is 0 Å². The van der Waals surface area contributed by atoms with Crippen LogP contribution in [0.15, 0.2) is 12.3 Å². The molecule has 0 N–H and O–H groups in total. The maximum atomic E-state index is 2.31. The standard InChI is InChI=1S/C8H15NS/c1-4-8-5-6-9(10-3)7(8)2/h5-8H,4H2,1-3H3. The van der Waals surface area contributed by atoms with Crippen molar-refractivity contribution in [2.45, 2.75) is 26.3 Å². The Morgan fingerprint density at radius 2 is 2.30 bits per heavy atom. The zero-order valence-corrected chi connectivity index (χ0v) is 7.69. The SMILES string of the molecule is CCC1C=CN(SC)C1C. The minimum atomic E-state index is 0.694. The molecule has 0 spiro atoms. The molecule has 1 aliphatic rings. The van der Waals surface area contributed by atoms with Gasteiger partial charge in [-0.25, -0.2) is 0 Å². The van der Waals surface area contributed by atoms with E-state index in [4.69, 9.17) is 0 Å². The molecule has 0 amide bonds. The normalized spacial score (nSPS) is 31.7. The first-order valence-electron chi connectivity index (χ1n) is 3.80. The molecule has 0 saturated carbocycles. The number of nitrogens with zero attached hydrogens (tertiary/aromatic N) is 1. The molecule has 58 valence electrons. The first-order chi connectivity index (χ1) is 4.79. The summed E-state index contributed by atoms with van der Waals surface area (Å²) in [4.78, 5) is 0. The Labute approximate surface area is 67.6 Å². The van der Waals surface area contributed by atoms with Crippen molar-refractivity contribution in [3.8, 4) is 0 Å². The van der Waals surface area contributed by atoms with Crippen LogP contribution in [0.1, 0.15) is 20.3 Å². The largest absolute Gasteiger partial charge is 0.320 e. The molecule has 2 atom stereocenters. The first kappa shape index (κ1) is 7.99. The van der Waals surface area contributed by atoms with Crippen LogP contribution in [-0.4, -0.2) is 16.6 Å². The molecule has 0 fully saturated rings. The predicted octanol–water partition coefficient (Wildman–Crippen LogP) is 2.51. The first-order valence-corrected chi connectivity index (χ1v) is 4.98. The van der Waals surface area contributed by atoms with Crippen molar-refractivity contribution >= 4 is 11.9 Å². The zero-order valence-electron chi connectivity index (χ0n) is 6.87. The summed E-state index contributed by atoms with van der Waals surface area (Å²) in [6.45, 7) is 4.53. The zero-order chi connectivity index (χ0) is 7.56. The third-order valence-electron chi connectivity index (χ3n) is 2.18. The van der Waals surface area contributed by atoms with Gasteiger partial charge in [-0.1, -0.05) is 24.9 Å². The Hall–Kier alpha value is -0.110. The highest BCUT2D eigenvalue weighted by Gasteiger charge is 2.22. The third-order valence-corrected chi connectivity index (χ3v) is 3.06. The lowest BCUT2D eigenvalue weighted by Gasteiger charge is -2.22. The summed E-state index contributed by atoms with van der Waals surface area (Å²) in [6.07, 6.45) is 7.89. The van der Waals surface area contributed by atoms with Crippen LogP contribution in [-0.2, 0) is 0 Å². The van der Waals surface area contributed by atoms with Gasteiger partial charge in [0.2, 0.25) is 0 Å². The average molecular weight is 157 g/mol. The topological polar surface area (TPSA) is 3.24 Å². The Morgan fingerprint density at radius 3 is 2.60 bits per heavy atom. The lowest BCUT2D eigenvalue weighted by atomic mass is 10.0. The summed E-state index contributed by atoms with van der Waals surface area (Å²) in [7, 11) is 0. The van der Waals surface area contributed by atoms with Gasteiger partial charge in [0.1, 0.15) is 0 Å². The molecule has 0 radical (unpaired) electrons. The average Bonchev–Trinajstić information content (AvgIpc) is 2.30. The summed E-state index contributed by atoms with van der Waals surface area (Å²) < 4.78 is 2.31. The maximum Gasteiger partial charge on any atom is 0.0434 e. The van der Waals surface area contributed by atoms with E-state index in [9.17, 15) is 0 Å². The minimum Gasteiger partial charge on any atom is -0.320 e. The van der Waals surface area contributed by atoms with Gasteiger partial charge in [-0.15, -0.1) is 0 Å². The van der Waals surface area contributed by atoms with E-state index in [0.717, 1.165) is 5.92 Å². The van der Waals surface area contributed by atoms with E-state index in [1.165, 1.54) is 6.42 Å². The highest BCUT2D eigenvalue weighted by molar-refractivity contribution is 7.96. The van der Waals surface area contributed by atoms with E-state index >= 15 is 0 Å². The summed E-state index contributed by atoms with van der Waals surface area (Å²) in [5.41, 5.74) is 0. The van der Waals surface area contributed by atoms with E-state index in [-0.39, 0.29) is 0 Å². The maximum absolute atomic E-state index is 2.31. The second-order valence-corrected chi connectivity index (χ2v) is 3.48. The van der Waals surface area contributed by atoms with Gasteiger partial charge in [0.15, 0.2) is 0 Å². The molecule has 1 heterocycles. The van der Waals surface area contributed by atoms with E-state index in [1.807, 2.05) is 0 Å². The van der Waals surface area contributed by atoms with Crippen molar-refractivity contribution in [2.24, 2.45) is 5.92 Å². The minimum absolute atomic E-state index is 0.694. The van der Waals surface area contributed by atoms with Gasteiger partial charge in [-0.3, -0.25) is 0 Å². The van der Waals surface area contributed by atoms with Gasteiger partial charge in [0.05, 0.1) is 0 Å². The molecular weight excluding hydrogens is 142 g/mol. The van der Waals surface area contributed by atoms with Crippen molar-refractivity contribution in [2.75, 3.05) is 6.26 Å². The van der Waals surface area contributed by atoms with Crippen molar-refractivity contribution in [3.63, 3.8) is 0 Å². The molecule has 0 aromatic carbocycles. The molecule has 0 aromatic heterocycles. The lowest BCUT2D eigenvalue weighted by Crippen LogP contribution is -2.22. The van der Waals surface area contributed by atoms with Crippen LogP contribution in [0.25, 0.3) is 0 Å². The van der Waals surface area contributed by atoms with Crippen LogP contribution in [0.2, 0.25) is 0 Å². The Bertz CT molecular complexity index is 119. The highest BCUT2D eigenvalue weighted by Crippen LogP contribution is 2.27. The Morgan fingerprint density at radius 1 is 1.60 bits per heavy atom. The van der Waals surface area contributed by atoms with E-state index in [0.29, 0.717) is 6.04 Å². The number of rotatable bonds is 2. The monoisotopic (exact) mass is 157 g/mol. The van der Waals surface area contributed by atoms with Crippen molar-refractivity contribution in [1.29, 1.82) is 0 Å². The van der Waals surface area contributed by atoms with Gasteiger partial charge in [0.25, 0.3) is 0 Å². The van der Waals surface area contributed by atoms with Gasteiger partial charge < -0.3 is 4.31 Å². The van der Waals surface area contributed by atoms with Crippen molar-refractivity contribution in [3.05, 3.63) is 12.3 Å². The van der Waals surface area contributed by atoms with Gasteiger partial charge in [-0.2, -0.15) is 0 Å². The molecular formula is C8H15NS. The molecule has 0 aliphatic carbocycles. The number of hydrogen-bond donors (Lipinski definition) is 0. The van der Waals surface area contributed by atoms with E-state index < -0.39 is 0 Å². The molecule has 1 rings (SSSR count). The third kappa shape index (κ3) is 1.31. The van der Waals surface area contributed by atoms with Crippen LogP contribution >= 0.6 is 11.9 Å². The fourth-order valence-corrected chi connectivity index (χ4v) is 2.07. The smallest absolute Gasteiger partial charge is 0.0434 e. The Kier molecular flexibility index (Phi) is 2.66. The molecule has 10 heavy (non-hydrogen) atoms. The molecule has 1 aliphatic heterocycles. The summed E-state index contributed by atoms with van der Waals surface area (Å²) >= 11 is 1.81. The molecule has 0 saturated heterocycles. The summed E-state index contributed by atoms with van der Waals surface area (Å²) in [5.74, 6) is 0.771.